The number of H-pyrrole nitrogens is 2. The van der Waals surface area contributed by atoms with Crippen LogP contribution in [0.25, 0.3) is 46.4 Å². The van der Waals surface area contributed by atoms with Gasteiger partial charge in [-0.05, 0) is 72.8 Å². The highest BCUT2D eigenvalue weighted by Gasteiger charge is 2.02. The summed E-state index contributed by atoms with van der Waals surface area (Å²) in [7, 11) is 0. The van der Waals surface area contributed by atoms with Crippen molar-refractivity contribution in [3.05, 3.63) is 84.0 Å². The Bertz CT molecular complexity index is 1140. The highest BCUT2D eigenvalue weighted by Crippen LogP contribution is 2.17. The third kappa shape index (κ3) is 4.40. The molecule has 0 saturated carbocycles. The molecule has 2 radical (unpaired) electrons. The minimum Gasteiger partial charge on any atom is -0.355 e. The Morgan fingerprint density at radius 1 is 0.679 bits per heavy atom. The molecule has 5 rings (SSSR count). The lowest BCUT2D eigenvalue weighted by Crippen LogP contribution is -1.77. The zero-order valence-corrected chi connectivity index (χ0v) is 16.5. The van der Waals surface area contributed by atoms with E-state index in [1.165, 1.54) is 0 Å². The van der Waals surface area contributed by atoms with Gasteiger partial charge in [-0.2, -0.15) is 0 Å². The summed E-state index contributed by atoms with van der Waals surface area (Å²) in [5, 5.41) is 1.00. The second-order valence-corrected chi connectivity index (χ2v) is 6.90. The van der Waals surface area contributed by atoms with Gasteiger partial charge in [0.2, 0.25) is 0 Å². The smallest absolute Gasteiger partial charge is 0.124 e. The van der Waals surface area contributed by atoms with Crippen molar-refractivity contribution in [2.24, 2.45) is 0 Å². The molecule has 8 bridgehead atoms. The van der Waals surface area contributed by atoms with Gasteiger partial charge in [0.05, 0.1) is 22.8 Å². The topological polar surface area (TPSA) is 57.4 Å². The van der Waals surface area contributed by atoms with Crippen molar-refractivity contribution < 1.29 is 0 Å². The number of rotatable bonds is 1. The third-order valence-corrected chi connectivity index (χ3v) is 4.54. The van der Waals surface area contributed by atoms with Crippen molar-refractivity contribution >= 4 is 62.7 Å². The van der Waals surface area contributed by atoms with Gasteiger partial charge in [-0.3, -0.25) is 0 Å². The molecule has 5 heteroatoms. The quantitative estimate of drug-likeness (QED) is 0.302. The first-order valence-electron chi connectivity index (χ1n) is 9.07. The molecule has 5 heterocycles. The molecule has 2 aliphatic rings. The van der Waals surface area contributed by atoms with E-state index in [2.05, 4.69) is 73.1 Å². The van der Waals surface area contributed by atoms with Crippen molar-refractivity contribution in [3.8, 4) is 0 Å². The summed E-state index contributed by atoms with van der Waals surface area (Å²) >= 11 is 2.54. The van der Waals surface area contributed by atoms with Crippen LogP contribution in [0.2, 0.25) is 5.28 Å². The number of nitrogens with zero attached hydrogens (tertiary/aromatic N) is 2. The zero-order valence-electron chi connectivity index (χ0n) is 15.4. The van der Waals surface area contributed by atoms with Crippen molar-refractivity contribution in [2.45, 2.75) is 5.28 Å². The van der Waals surface area contributed by atoms with E-state index in [1.807, 2.05) is 48.6 Å². The third-order valence-electron chi connectivity index (χ3n) is 4.21. The van der Waals surface area contributed by atoms with Gasteiger partial charge in [-0.1, -0.05) is 0 Å². The van der Waals surface area contributed by atoms with Gasteiger partial charge in [0.1, 0.15) is 16.3 Å². The van der Waals surface area contributed by atoms with Crippen molar-refractivity contribution in [1.82, 2.24) is 19.9 Å². The molecule has 0 aromatic carbocycles. The molecule has 2 aliphatic heterocycles. The standard InChI is InChI=1S/C20H14N4.C3H5.Al/c1-2-14-10-16-5-6-18(23-16)12-20-8-7-19(24-20)11-17-4-3-15(22-17)9-13(1)21-14;1-3-2;/h1-12,21-22H;3H,1-2H2;. The van der Waals surface area contributed by atoms with Gasteiger partial charge in [0.25, 0.3) is 0 Å². The normalized spacial score (nSPS) is 11.7. The van der Waals surface area contributed by atoms with Crippen LogP contribution in [-0.2, 0) is 0 Å². The van der Waals surface area contributed by atoms with Gasteiger partial charge >= 0.3 is 0 Å². The van der Waals surface area contributed by atoms with E-state index < -0.39 is 0 Å². The SMILES string of the molecule is C1=Cc2cc3ccc(cc4ccc(cc5nc(cc1n2)C=C5)[nH]4)[nH]3.C=C[CH2][Al]. The second-order valence-electron chi connectivity index (χ2n) is 6.43. The van der Waals surface area contributed by atoms with Crippen LogP contribution < -0.4 is 0 Å². The Balaban J connectivity index is 0.000000442. The maximum absolute atomic E-state index is 4.62. The first kappa shape index (κ1) is 18.2. The average molecular weight is 378 g/mol. The first-order valence-corrected chi connectivity index (χ1v) is 9.89. The molecule has 134 valence electrons. The second kappa shape index (κ2) is 8.26. The maximum Gasteiger partial charge on any atom is 0.124 e. The van der Waals surface area contributed by atoms with Crippen LogP contribution in [0.1, 0.15) is 22.8 Å². The minimum atomic E-state index is 0.915. The van der Waals surface area contributed by atoms with Crippen molar-refractivity contribution in [3.63, 3.8) is 0 Å². The molecule has 0 atom stereocenters. The summed E-state index contributed by atoms with van der Waals surface area (Å²) in [6.45, 7) is 3.46. The zero-order chi connectivity index (χ0) is 19.3. The van der Waals surface area contributed by atoms with Crippen LogP contribution >= 0.6 is 0 Å². The summed E-state index contributed by atoms with van der Waals surface area (Å²) in [6.07, 6.45) is 9.89. The van der Waals surface area contributed by atoms with Crippen LogP contribution in [0.15, 0.2) is 61.2 Å². The van der Waals surface area contributed by atoms with Crippen LogP contribution in [0.4, 0.5) is 0 Å². The summed E-state index contributed by atoms with van der Waals surface area (Å²) in [6, 6.07) is 16.4. The largest absolute Gasteiger partial charge is 0.355 e. The van der Waals surface area contributed by atoms with E-state index in [1.54, 1.807) is 0 Å². The fourth-order valence-electron chi connectivity index (χ4n) is 2.94. The fraction of sp³-hybridized carbons (Fsp3) is 0.0435. The fourth-order valence-corrected chi connectivity index (χ4v) is 2.94. The Kier molecular flexibility index (Phi) is 5.39. The highest BCUT2D eigenvalue weighted by atomic mass is 27.0. The lowest BCUT2D eigenvalue weighted by molar-refractivity contribution is 1.28. The molecular weight excluding hydrogens is 359 g/mol. The minimum absolute atomic E-state index is 0.915. The Morgan fingerprint density at radius 3 is 1.43 bits per heavy atom. The lowest BCUT2D eigenvalue weighted by Gasteiger charge is -1.86. The van der Waals surface area contributed by atoms with Crippen molar-refractivity contribution in [1.29, 1.82) is 0 Å². The molecule has 0 fully saturated rings. The molecule has 2 N–H and O–H groups in total. The molecule has 0 saturated heterocycles. The van der Waals surface area contributed by atoms with E-state index in [0.29, 0.717) is 0 Å². The van der Waals surface area contributed by atoms with Crippen LogP contribution in [0, 0.1) is 0 Å². The molecule has 3 aromatic rings. The van der Waals surface area contributed by atoms with Crippen LogP contribution in [0.5, 0.6) is 0 Å². The average Bonchev–Trinajstić information content (AvgIpc) is 3.47. The number of nitrogens with one attached hydrogen (secondary N) is 2. The summed E-state index contributed by atoms with van der Waals surface area (Å²) in [4.78, 5) is 16.0. The number of fused-ring (bicyclic) bond motifs is 8. The Hall–Kier alpha value is -3.13. The molecule has 28 heavy (non-hydrogen) atoms. The molecule has 0 unspecified atom stereocenters. The predicted molar refractivity (Wildman–Crippen MR) is 120 cm³/mol. The Morgan fingerprint density at radius 2 is 1.04 bits per heavy atom. The van der Waals surface area contributed by atoms with E-state index in [0.717, 1.165) is 50.1 Å². The summed E-state index contributed by atoms with van der Waals surface area (Å²) in [5.41, 5.74) is 7.86. The van der Waals surface area contributed by atoms with E-state index in [9.17, 15) is 0 Å². The first-order chi connectivity index (χ1) is 13.7. The summed E-state index contributed by atoms with van der Waals surface area (Å²) < 4.78 is 0. The van der Waals surface area contributed by atoms with Crippen LogP contribution in [-0.4, -0.2) is 36.2 Å². The number of aromatic nitrogens is 4. The number of hydrogen-bond acceptors (Lipinski definition) is 2. The van der Waals surface area contributed by atoms with Gasteiger partial charge in [-0.15, -0.1) is 17.9 Å². The van der Waals surface area contributed by atoms with Gasteiger partial charge in [0.15, 0.2) is 0 Å². The number of aromatic amines is 2. The number of allylic oxidation sites excluding steroid dienone is 1. The molecule has 0 amide bonds. The van der Waals surface area contributed by atoms with E-state index in [-0.39, 0.29) is 0 Å². The maximum atomic E-state index is 4.62. The monoisotopic (exact) mass is 378 g/mol. The molecule has 0 aliphatic carbocycles. The number of hydrogen-bond donors (Lipinski definition) is 2. The Labute approximate surface area is 171 Å². The van der Waals surface area contributed by atoms with Crippen molar-refractivity contribution in [2.75, 3.05) is 0 Å². The van der Waals surface area contributed by atoms with E-state index in [4.69, 9.17) is 0 Å². The molecular formula is C23H19AlN4. The predicted octanol–water partition coefficient (Wildman–Crippen LogP) is 5.41. The molecule has 3 aromatic heterocycles. The molecule has 0 spiro atoms. The van der Waals surface area contributed by atoms with Gasteiger partial charge in [0, 0.05) is 22.1 Å². The van der Waals surface area contributed by atoms with Gasteiger partial charge < -0.3 is 9.97 Å². The summed E-state index contributed by atoms with van der Waals surface area (Å²) in [5.74, 6) is 0. The highest BCUT2D eigenvalue weighted by molar-refractivity contribution is 6.09. The lowest BCUT2D eigenvalue weighted by atomic mass is 10.3. The molecule has 4 nitrogen and oxygen atoms in total. The van der Waals surface area contributed by atoms with Gasteiger partial charge in [-0.25, -0.2) is 9.97 Å². The van der Waals surface area contributed by atoms with Crippen LogP contribution in [0.3, 0.4) is 0 Å². The van der Waals surface area contributed by atoms with E-state index >= 15 is 0 Å².